The monoisotopic (exact) mass is 488 g/mol. The van der Waals surface area contributed by atoms with Crippen LogP contribution in [0.4, 0.5) is 0 Å². The van der Waals surface area contributed by atoms with E-state index in [1.54, 1.807) is 41.3 Å². The summed E-state index contributed by atoms with van der Waals surface area (Å²) in [5.74, 6) is -0.306. The predicted octanol–water partition coefficient (Wildman–Crippen LogP) is 3.00. The minimum atomic E-state index is -3.67. The molecule has 0 N–H and O–H groups in total. The largest absolute Gasteiger partial charge is 0.335 e. The molecule has 1 aliphatic rings. The van der Waals surface area contributed by atoms with Crippen LogP contribution in [0.5, 0.6) is 0 Å². The molecule has 1 fully saturated rings. The van der Waals surface area contributed by atoms with Gasteiger partial charge in [-0.1, -0.05) is 43.1 Å². The van der Waals surface area contributed by atoms with Crippen LogP contribution >= 0.6 is 11.6 Å². The molecule has 1 saturated heterocycles. The topological polar surface area (TPSA) is 92.6 Å². The van der Waals surface area contributed by atoms with Gasteiger partial charge in [0.15, 0.2) is 5.69 Å². The summed E-state index contributed by atoms with van der Waals surface area (Å²) in [5, 5.41) is 5.83. The average Bonchev–Trinajstić information content (AvgIpc) is 2.84. The Labute approximate surface area is 197 Å². The highest BCUT2D eigenvalue weighted by atomic mass is 35.5. The number of rotatable bonds is 6. The van der Waals surface area contributed by atoms with Crippen LogP contribution in [0.15, 0.2) is 58.2 Å². The molecule has 0 saturated carbocycles. The fourth-order valence-corrected chi connectivity index (χ4v) is 5.44. The number of nitrogens with zero attached hydrogens (tertiary/aromatic N) is 4. The van der Waals surface area contributed by atoms with Crippen molar-refractivity contribution in [2.45, 2.75) is 31.2 Å². The number of unbranched alkanes of at least 4 members (excludes halogenated alkanes) is 1. The van der Waals surface area contributed by atoms with Gasteiger partial charge < -0.3 is 4.90 Å². The molecule has 8 nitrogen and oxygen atoms in total. The lowest BCUT2D eigenvalue weighted by molar-refractivity contribution is 0.0691. The summed E-state index contributed by atoms with van der Waals surface area (Å²) >= 11 is 5.87. The minimum absolute atomic E-state index is 0.169. The molecule has 0 unspecified atom stereocenters. The number of carbonyl (C=O) groups excluding carboxylic acids is 1. The first-order valence-corrected chi connectivity index (χ1v) is 12.7. The number of fused-ring (bicyclic) bond motifs is 1. The van der Waals surface area contributed by atoms with Crippen molar-refractivity contribution in [1.82, 2.24) is 19.0 Å². The first-order chi connectivity index (χ1) is 15.8. The van der Waals surface area contributed by atoms with Gasteiger partial charge in [0.05, 0.1) is 10.3 Å². The number of piperazine rings is 1. The zero-order chi connectivity index (χ0) is 23.6. The second-order valence-electron chi connectivity index (χ2n) is 7.93. The molecule has 0 spiro atoms. The Hall–Kier alpha value is -2.75. The molecule has 0 bridgehead atoms. The van der Waals surface area contributed by atoms with E-state index in [-0.39, 0.29) is 48.2 Å². The van der Waals surface area contributed by atoms with Crippen LogP contribution in [0.25, 0.3) is 10.8 Å². The first-order valence-electron chi connectivity index (χ1n) is 10.9. The third-order valence-electron chi connectivity index (χ3n) is 5.77. The average molecular weight is 489 g/mol. The Morgan fingerprint density at radius 1 is 1.00 bits per heavy atom. The maximum absolute atomic E-state index is 13.4. The lowest BCUT2D eigenvalue weighted by Crippen LogP contribution is -2.50. The number of hydrogen-bond acceptors (Lipinski definition) is 5. The van der Waals surface area contributed by atoms with Crippen molar-refractivity contribution in [3.05, 3.63) is 69.6 Å². The van der Waals surface area contributed by atoms with Crippen molar-refractivity contribution in [2.24, 2.45) is 0 Å². The van der Waals surface area contributed by atoms with E-state index in [9.17, 15) is 18.0 Å². The predicted molar refractivity (Wildman–Crippen MR) is 127 cm³/mol. The molecule has 174 valence electrons. The van der Waals surface area contributed by atoms with Gasteiger partial charge in [-0.15, -0.1) is 0 Å². The van der Waals surface area contributed by atoms with E-state index in [0.717, 1.165) is 12.8 Å². The molecule has 2 aromatic carbocycles. The molecule has 1 amide bonds. The molecule has 33 heavy (non-hydrogen) atoms. The van der Waals surface area contributed by atoms with E-state index < -0.39 is 10.0 Å². The first kappa shape index (κ1) is 23.4. The molecule has 10 heteroatoms. The van der Waals surface area contributed by atoms with Crippen LogP contribution in [0, 0.1) is 0 Å². The van der Waals surface area contributed by atoms with Gasteiger partial charge in [-0.3, -0.25) is 9.59 Å². The van der Waals surface area contributed by atoms with Crippen LogP contribution in [0.3, 0.4) is 0 Å². The summed E-state index contributed by atoms with van der Waals surface area (Å²) in [6, 6.07) is 13.0. The van der Waals surface area contributed by atoms with Crippen molar-refractivity contribution in [2.75, 3.05) is 26.2 Å². The number of halogens is 1. The lowest BCUT2D eigenvalue weighted by Gasteiger charge is -2.34. The third kappa shape index (κ3) is 4.66. The number of aromatic nitrogens is 2. The number of aryl methyl sites for hydroxylation is 1. The van der Waals surface area contributed by atoms with Crippen LogP contribution in [0.1, 0.15) is 30.3 Å². The van der Waals surface area contributed by atoms with Gasteiger partial charge in [-0.2, -0.15) is 9.40 Å². The number of hydrogen-bond donors (Lipinski definition) is 0. The van der Waals surface area contributed by atoms with Crippen molar-refractivity contribution in [1.29, 1.82) is 0 Å². The maximum Gasteiger partial charge on any atom is 0.275 e. The second kappa shape index (κ2) is 9.62. The van der Waals surface area contributed by atoms with E-state index in [1.165, 1.54) is 21.1 Å². The van der Waals surface area contributed by atoms with Crippen molar-refractivity contribution in [3.63, 3.8) is 0 Å². The molecule has 0 radical (unpaired) electrons. The SMILES string of the molecule is CCCCn1nc(C(=O)N2CCN(S(=O)(=O)c3ccc(Cl)cc3)CC2)c2ccccc2c1=O. The summed E-state index contributed by atoms with van der Waals surface area (Å²) in [6.07, 6.45) is 1.67. The third-order valence-corrected chi connectivity index (χ3v) is 7.94. The number of amides is 1. The second-order valence-corrected chi connectivity index (χ2v) is 10.3. The van der Waals surface area contributed by atoms with Crippen LogP contribution < -0.4 is 5.56 Å². The molecular weight excluding hydrogens is 464 g/mol. The molecule has 0 atom stereocenters. The van der Waals surface area contributed by atoms with Gasteiger partial charge in [0.2, 0.25) is 10.0 Å². The Bertz CT molecular complexity index is 1330. The van der Waals surface area contributed by atoms with E-state index in [4.69, 9.17) is 11.6 Å². The zero-order valence-electron chi connectivity index (χ0n) is 18.3. The van der Waals surface area contributed by atoms with Gasteiger partial charge >= 0.3 is 0 Å². The fraction of sp³-hybridized carbons (Fsp3) is 0.348. The Morgan fingerprint density at radius 3 is 2.27 bits per heavy atom. The fourth-order valence-electron chi connectivity index (χ4n) is 3.89. The Morgan fingerprint density at radius 2 is 1.64 bits per heavy atom. The quantitative estimate of drug-likeness (QED) is 0.531. The van der Waals surface area contributed by atoms with E-state index in [1.807, 2.05) is 6.92 Å². The van der Waals surface area contributed by atoms with Gasteiger partial charge in [0, 0.05) is 43.1 Å². The normalized spacial score (nSPS) is 15.2. The smallest absolute Gasteiger partial charge is 0.275 e. The lowest BCUT2D eigenvalue weighted by atomic mass is 10.1. The van der Waals surface area contributed by atoms with Crippen LogP contribution in [-0.4, -0.2) is 59.5 Å². The van der Waals surface area contributed by atoms with Gasteiger partial charge in [-0.25, -0.2) is 13.1 Å². The summed E-state index contributed by atoms with van der Waals surface area (Å²) in [5.41, 5.74) is 0.00443. The molecule has 4 rings (SSSR count). The van der Waals surface area contributed by atoms with Crippen molar-refractivity contribution < 1.29 is 13.2 Å². The van der Waals surface area contributed by atoms with Gasteiger partial charge in [0.25, 0.3) is 11.5 Å². The standard InChI is InChI=1S/C23H25ClN4O4S/c1-2-3-12-28-22(29)20-7-5-4-6-19(20)21(25-28)23(30)26-13-15-27(16-14-26)33(31,32)18-10-8-17(24)9-11-18/h4-11H,2-3,12-16H2,1H3. The summed E-state index contributed by atoms with van der Waals surface area (Å²) in [4.78, 5) is 27.9. The zero-order valence-corrected chi connectivity index (χ0v) is 19.8. The summed E-state index contributed by atoms with van der Waals surface area (Å²) < 4.78 is 28.6. The molecule has 1 aromatic heterocycles. The summed E-state index contributed by atoms with van der Waals surface area (Å²) in [6.45, 7) is 3.27. The highest BCUT2D eigenvalue weighted by Crippen LogP contribution is 2.21. The van der Waals surface area contributed by atoms with E-state index in [2.05, 4.69) is 5.10 Å². The van der Waals surface area contributed by atoms with E-state index in [0.29, 0.717) is 22.3 Å². The highest BCUT2D eigenvalue weighted by Gasteiger charge is 2.31. The molecular formula is C23H25ClN4O4S. The van der Waals surface area contributed by atoms with Gasteiger partial charge in [0.1, 0.15) is 0 Å². The Kier molecular flexibility index (Phi) is 6.83. The molecule has 0 aliphatic carbocycles. The minimum Gasteiger partial charge on any atom is -0.335 e. The maximum atomic E-state index is 13.4. The number of benzene rings is 2. The van der Waals surface area contributed by atoms with E-state index >= 15 is 0 Å². The van der Waals surface area contributed by atoms with Crippen molar-refractivity contribution >= 4 is 38.3 Å². The highest BCUT2D eigenvalue weighted by molar-refractivity contribution is 7.89. The molecule has 3 aromatic rings. The Balaban J connectivity index is 1.57. The van der Waals surface area contributed by atoms with Crippen LogP contribution in [-0.2, 0) is 16.6 Å². The molecule has 2 heterocycles. The van der Waals surface area contributed by atoms with Crippen molar-refractivity contribution in [3.8, 4) is 0 Å². The number of sulfonamides is 1. The summed E-state index contributed by atoms with van der Waals surface area (Å²) in [7, 11) is -3.67. The molecule has 1 aliphatic heterocycles. The number of carbonyl (C=O) groups is 1. The van der Waals surface area contributed by atoms with Gasteiger partial charge in [-0.05, 0) is 36.8 Å². The van der Waals surface area contributed by atoms with Crippen LogP contribution in [0.2, 0.25) is 5.02 Å².